The average Bonchev–Trinajstić information content (AvgIpc) is 2.70. The topological polar surface area (TPSA) is 57.7 Å². The van der Waals surface area contributed by atoms with Crippen LogP contribution in [0.4, 0.5) is 4.39 Å². The molecule has 0 saturated carbocycles. The number of piperidine rings is 1. The highest BCUT2D eigenvalue weighted by atomic mass is 35.5. The van der Waals surface area contributed by atoms with E-state index in [1.165, 1.54) is 45.6 Å². The second-order valence-corrected chi connectivity index (χ2v) is 9.64. The normalized spacial score (nSPS) is 17.9. The molecule has 8 heteroatoms. The zero-order valence-electron chi connectivity index (χ0n) is 16.4. The number of nitrogens with zero attached hydrogens (tertiary/aromatic N) is 2. The van der Waals surface area contributed by atoms with Crippen molar-refractivity contribution in [3.05, 3.63) is 64.4 Å². The van der Waals surface area contributed by atoms with Gasteiger partial charge >= 0.3 is 0 Å². The van der Waals surface area contributed by atoms with Crippen molar-refractivity contribution in [2.24, 2.45) is 0 Å². The van der Waals surface area contributed by atoms with E-state index in [0.717, 1.165) is 19.3 Å². The van der Waals surface area contributed by atoms with E-state index in [1.54, 1.807) is 13.1 Å². The first-order valence-electron chi connectivity index (χ1n) is 9.52. The maximum Gasteiger partial charge on any atom is 0.253 e. The summed E-state index contributed by atoms with van der Waals surface area (Å²) in [6.07, 6.45) is 2.72. The van der Waals surface area contributed by atoms with Crippen molar-refractivity contribution in [2.75, 3.05) is 13.6 Å². The number of sulfonamides is 1. The summed E-state index contributed by atoms with van der Waals surface area (Å²) in [7, 11) is -2.05. The van der Waals surface area contributed by atoms with E-state index in [-0.39, 0.29) is 34.0 Å². The summed E-state index contributed by atoms with van der Waals surface area (Å²) in [5.41, 5.74) is 0.564. The van der Waals surface area contributed by atoms with Crippen LogP contribution in [0.15, 0.2) is 47.4 Å². The van der Waals surface area contributed by atoms with Crippen LogP contribution in [0.5, 0.6) is 0 Å². The van der Waals surface area contributed by atoms with E-state index in [4.69, 9.17) is 11.6 Å². The summed E-state index contributed by atoms with van der Waals surface area (Å²) >= 11 is 6.03. The van der Waals surface area contributed by atoms with E-state index >= 15 is 0 Å². The lowest BCUT2D eigenvalue weighted by atomic mass is 10.1. The monoisotopic (exact) mass is 438 g/mol. The number of carbonyl (C=O) groups is 1. The van der Waals surface area contributed by atoms with Crippen molar-refractivity contribution in [3.63, 3.8) is 0 Å². The van der Waals surface area contributed by atoms with Crippen molar-refractivity contribution < 1.29 is 17.6 Å². The molecule has 0 N–H and O–H groups in total. The Labute approximate surface area is 176 Å². The van der Waals surface area contributed by atoms with Gasteiger partial charge in [0.25, 0.3) is 5.91 Å². The van der Waals surface area contributed by atoms with Gasteiger partial charge in [-0.25, -0.2) is 12.8 Å². The smallest absolute Gasteiger partial charge is 0.253 e. The van der Waals surface area contributed by atoms with Crippen LogP contribution in [0.25, 0.3) is 0 Å². The van der Waals surface area contributed by atoms with Crippen LogP contribution in [0.2, 0.25) is 5.02 Å². The second kappa shape index (κ2) is 8.81. The van der Waals surface area contributed by atoms with Crippen molar-refractivity contribution >= 4 is 27.5 Å². The molecule has 1 atom stereocenters. The maximum atomic E-state index is 14.0. The number of hydrogen-bond donors (Lipinski definition) is 0. The van der Waals surface area contributed by atoms with Crippen LogP contribution in [-0.4, -0.2) is 43.2 Å². The summed E-state index contributed by atoms with van der Waals surface area (Å²) in [6, 6.07) is 10.2. The Hall–Kier alpha value is -1.96. The molecule has 156 valence electrons. The van der Waals surface area contributed by atoms with E-state index in [0.29, 0.717) is 12.1 Å². The fourth-order valence-electron chi connectivity index (χ4n) is 3.55. The molecule has 2 aromatic carbocycles. The minimum atomic E-state index is -3.59. The molecule has 0 spiro atoms. The second-order valence-electron chi connectivity index (χ2n) is 7.35. The van der Waals surface area contributed by atoms with Crippen molar-refractivity contribution in [1.29, 1.82) is 0 Å². The summed E-state index contributed by atoms with van der Waals surface area (Å²) in [5.74, 6) is -0.825. The van der Waals surface area contributed by atoms with Gasteiger partial charge in [0, 0.05) is 42.3 Å². The minimum absolute atomic E-state index is 0.00961. The van der Waals surface area contributed by atoms with Gasteiger partial charge in [0.15, 0.2) is 0 Å². The molecule has 3 rings (SSSR count). The number of rotatable bonds is 5. The lowest BCUT2D eigenvalue weighted by molar-refractivity contribution is 0.0784. The van der Waals surface area contributed by atoms with Crippen LogP contribution < -0.4 is 0 Å². The molecule has 1 fully saturated rings. The third-order valence-electron chi connectivity index (χ3n) is 5.25. The molecule has 5 nitrogen and oxygen atoms in total. The predicted molar refractivity (Wildman–Crippen MR) is 111 cm³/mol. The van der Waals surface area contributed by atoms with Gasteiger partial charge in [-0.1, -0.05) is 24.1 Å². The average molecular weight is 439 g/mol. The molecule has 2 aromatic rings. The third kappa shape index (κ3) is 4.63. The van der Waals surface area contributed by atoms with Gasteiger partial charge in [-0.15, -0.1) is 0 Å². The van der Waals surface area contributed by atoms with Gasteiger partial charge in [0.1, 0.15) is 5.82 Å². The van der Waals surface area contributed by atoms with Gasteiger partial charge in [-0.3, -0.25) is 4.79 Å². The summed E-state index contributed by atoms with van der Waals surface area (Å²) in [5, 5.41) is 0.252. The summed E-state index contributed by atoms with van der Waals surface area (Å²) < 4.78 is 41.3. The quantitative estimate of drug-likeness (QED) is 0.698. The molecule has 29 heavy (non-hydrogen) atoms. The number of amides is 1. The lowest BCUT2D eigenvalue weighted by Crippen LogP contribution is -2.41. The SMILES string of the molecule is C[C@H]1CCCCN1S(=O)(=O)c1ccc(C(=O)N(C)Cc2c(F)cccc2Cl)cc1. The largest absolute Gasteiger partial charge is 0.337 e. The van der Waals surface area contributed by atoms with Crippen LogP contribution in [0, 0.1) is 5.82 Å². The van der Waals surface area contributed by atoms with Crippen LogP contribution >= 0.6 is 11.6 Å². The highest BCUT2D eigenvalue weighted by Gasteiger charge is 2.31. The van der Waals surface area contributed by atoms with E-state index < -0.39 is 15.8 Å². The summed E-state index contributed by atoms with van der Waals surface area (Å²) in [4.78, 5) is 14.2. The van der Waals surface area contributed by atoms with Crippen molar-refractivity contribution in [3.8, 4) is 0 Å². The standard InChI is InChI=1S/C21H24ClFN2O3S/c1-15-6-3-4-13-25(15)29(27,28)17-11-9-16(10-12-17)21(26)24(2)14-18-19(22)7-5-8-20(18)23/h5,7-12,15H,3-4,6,13-14H2,1-2H3/t15-/m0/s1. The maximum absolute atomic E-state index is 14.0. The van der Waals surface area contributed by atoms with Gasteiger partial charge in [0.2, 0.25) is 10.0 Å². The molecule has 0 aliphatic carbocycles. The summed E-state index contributed by atoms with van der Waals surface area (Å²) in [6.45, 7) is 2.43. The Morgan fingerprint density at radius 1 is 1.21 bits per heavy atom. The predicted octanol–water partition coefficient (Wildman–Crippen LogP) is 4.31. The molecule has 1 saturated heterocycles. The minimum Gasteiger partial charge on any atom is -0.337 e. The molecular formula is C21H24ClFN2O3S. The molecule has 1 heterocycles. The highest BCUT2D eigenvalue weighted by Crippen LogP contribution is 2.26. The molecule has 0 bridgehead atoms. The Balaban J connectivity index is 1.76. The van der Waals surface area contributed by atoms with E-state index in [9.17, 15) is 17.6 Å². The zero-order valence-corrected chi connectivity index (χ0v) is 18.0. The van der Waals surface area contributed by atoms with Gasteiger partial charge in [-0.05, 0) is 56.2 Å². The van der Waals surface area contributed by atoms with Crippen LogP contribution in [-0.2, 0) is 16.6 Å². The number of carbonyl (C=O) groups excluding carboxylic acids is 1. The molecule has 0 aromatic heterocycles. The first-order chi connectivity index (χ1) is 13.7. The molecule has 0 unspecified atom stereocenters. The molecule has 0 radical (unpaired) electrons. The van der Waals surface area contributed by atoms with Crippen LogP contribution in [0.3, 0.4) is 0 Å². The molecule has 1 aliphatic heterocycles. The fourth-order valence-corrected chi connectivity index (χ4v) is 5.47. The van der Waals surface area contributed by atoms with Crippen molar-refractivity contribution in [2.45, 2.75) is 43.7 Å². The van der Waals surface area contributed by atoms with Crippen LogP contribution in [0.1, 0.15) is 42.1 Å². The fraction of sp³-hybridized carbons (Fsp3) is 0.381. The number of halogens is 2. The molecular weight excluding hydrogens is 415 g/mol. The van der Waals surface area contributed by atoms with Gasteiger partial charge in [0.05, 0.1) is 4.90 Å². The number of hydrogen-bond acceptors (Lipinski definition) is 3. The zero-order chi connectivity index (χ0) is 21.2. The van der Waals surface area contributed by atoms with Crippen molar-refractivity contribution in [1.82, 2.24) is 9.21 Å². The lowest BCUT2D eigenvalue weighted by Gasteiger charge is -2.32. The van der Waals surface area contributed by atoms with Gasteiger partial charge in [-0.2, -0.15) is 4.31 Å². The highest BCUT2D eigenvalue weighted by molar-refractivity contribution is 7.89. The van der Waals surface area contributed by atoms with E-state index in [2.05, 4.69) is 0 Å². The number of benzene rings is 2. The molecule has 1 aliphatic rings. The van der Waals surface area contributed by atoms with E-state index in [1.807, 2.05) is 6.92 Å². The Morgan fingerprint density at radius 2 is 1.90 bits per heavy atom. The Kier molecular flexibility index (Phi) is 6.61. The Bertz CT molecular complexity index is 975. The first kappa shape index (κ1) is 21.7. The molecule has 1 amide bonds. The Morgan fingerprint density at radius 3 is 2.52 bits per heavy atom. The third-order valence-corrected chi connectivity index (χ3v) is 7.64. The first-order valence-corrected chi connectivity index (χ1v) is 11.3. The van der Waals surface area contributed by atoms with Gasteiger partial charge < -0.3 is 4.90 Å².